The SMILES string of the molecule is O=C(O)c1ccc(Nc2ccc(Br)cc2Cl)cc1. The van der Waals surface area contributed by atoms with Gasteiger partial charge in [0.2, 0.25) is 0 Å². The Morgan fingerprint density at radius 3 is 2.39 bits per heavy atom. The molecule has 0 fully saturated rings. The van der Waals surface area contributed by atoms with Crippen molar-refractivity contribution in [2.45, 2.75) is 0 Å². The molecule has 0 amide bonds. The quantitative estimate of drug-likeness (QED) is 0.870. The lowest BCUT2D eigenvalue weighted by Crippen LogP contribution is -1.96. The van der Waals surface area contributed by atoms with Gasteiger partial charge in [-0.25, -0.2) is 4.79 Å². The minimum Gasteiger partial charge on any atom is -0.478 e. The molecule has 5 heteroatoms. The molecule has 0 heterocycles. The van der Waals surface area contributed by atoms with Gasteiger partial charge in [-0.05, 0) is 42.5 Å². The Hall–Kier alpha value is -1.52. The van der Waals surface area contributed by atoms with Crippen LogP contribution in [-0.2, 0) is 0 Å². The van der Waals surface area contributed by atoms with Crippen molar-refractivity contribution in [2.24, 2.45) is 0 Å². The van der Waals surface area contributed by atoms with Gasteiger partial charge in [0, 0.05) is 10.2 Å². The molecule has 0 unspecified atom stereocenters. The van der Waals surface area contributed by atoms with E-state index in [1.807, 2.05) is 12.1 Å². The fraction of sp³-hybridized carbons (Fsp3) is 0. The molecule has 92 valence electrons. The van der Waals surface area contributed by atoms with Crippen LogP contribution in [0.5, 0.6) is 0 Å². The normalized spacial score (nSPS) is 10.1. The van der Waals surface area contributed by atoms with Gasteiger partial charge in [0.15, 0.2) is 0 Å². The van der Waals surface area contributed by atoms with Crippen molar-refractivity contribution < 1.29 is 9.90 Å². The number of rotatable bonds is 3. The second kappa shape index (κ2) is 5.42. The van der Waals surface area contributed by atoms with Crippen LogP contribution in [0.4, 0.5) is 11.4 Å². The fourth-order valence-electron chi connectivity index (χ4n) is 1.44. The van der Waals surface area contributed by atoms with Crippen LogP contribution >= 0.6 is 27.5 Å². The molecule has 0 aliphatic carbocycles. The van der Waals surface area contributed by atoms with E-state index in [2.05, 4.69) is 21.2 Å². The molecular weight excluding hydrogens is 318 g/mol. The molecule has 2 aromatic carbocycles. The minimum absolute atomic E-state index is 0.252. The molecule has 18 heavy (non-hydrogen) atoms. The lowest BCUT2D eigenvalue weighted by atomic mass is 10.2. The zero-order chi connectivity index (χ0) is 13.1. The summed E-state index contributed by atoms with van der Waals surface area (Å²) in [6.07, 6.45) is 0. The number of nitrogens with one attached hydrogen (secondary N) is 1. The number of hydrogen-bond acceptors (Lipinski definition) is 2. The average molecular weight is 327 g/mol. The third kappa shape index (κ3) is 3.03. The summed E-state index contributed by atoms with van der Waals surface area (Å²) in [7, 11) is 0. The highest BCUT2D eigenvalue weighted by Gasteiger charge is 2.04. The molecule has 0 aliphatic heterocycles. The van der Waals surface area contributed by atoms with E-state index in [4.69, 9.17) is 16.7 Å². The Morgan fingerprint density at radius 1 is 1.17 bits per heavy atom. The van der Waals surface area contributed by atoms with Crippen molar-refractivity contribution in [3.63, 3.8) is 0 Å². The third-order valence-corrected chi connectivity index (χ3v) is 3.15. The van der Waals surface area contributed by atoms with Crippen LogP contribution in [0.2, 0.25) is 5.02 Å². The topological polar surface area (TPSA) is 49.3 Å². The maximum Gasteiger partial charge on any atom is 0.335 e. The number of carboxylic acid groups (broad SMARTS) is 1. The lowest BCUT2D eigenvalue weighted by Gasteiger charge is -2.08. The predicted octanol–water partition coefficient (Wildman–Crippen LogP) is 4.54. The van der Waals surface area contributed by atoms with E-state index < -0.39 is 5.97 Å². The maximum absolute atomic E-state index is 10.7. The van der Waals surface area contributed by atoms with Gasteiger partial charge in [-0.3, -0.25) is 0 Å². The Kier molecular flexibility index (Phi) is 3.89. The van der Waals surface area contributed by atoms with E-state index >= 15 is 0 Å². The molecule has 2 N–H and O–H groups in total. The number of halogens is 2. The Bertz CT molecular complexity index is 584. The fourth-order valence-corrected chi connectivity index (χ4v) is 2.16. The molecular formula is C13H9BrClNO2. The first kappa shape index (κ1) is 12.9. The van der Waals surface area contributed by atoms with Crippen molar-refractivity contribution in [3.8, 4) is 0 Å². The van der Waals surface area contributed by atoms with Crippen molar-refractivity contribution in [2.75, 3.05) is 5.32 Å². The van der Waals surface area contributed by atoms with E-state index in [-0.39, 0.29) is 5.56 Å². The second-order valence-electron chi connectivity index (χ2n) is 3.63. The lowest BCUT2D eigenvalue weighted by molar-refractivity contribution is 0.0697. The molecule has 2 rings (SSSR count). The highest BCUT2D eigenvalue weighted by molar-refractivity contribution is 9.10. The monoisotopic (exact) mass is 325 g/mol. The molecule has 0 aromatic heterocycles. The van der Waals surface area contributed by atoms with Gasteiger partial charge in [0.1, 0.15) is 0 Å². The highest BCUT2D eigenvalue weighted by Crippen LogP contribution is 2.28. The van der Waals surface area contributed by atoms with E-state index in [0.29, 0.717) is 5.02 Å². The van der Waals surface area contributed by atoms with E-state index in [9.17, 15) is 4.79 Å². The zero-order valence-electron chi connectivity index (χ0n) is 9.15. The summed E-state index contributed by atoms with van der Waals surface area (Å²) in [5, 5.41) is 12.5. The van der Waals surface area contributed by atoms with Crippen molar-refractivity contribution >= 4 is 44.9 Å². The number of carboxylic acids is 1. The van der Waals surface area contributed by atoms with Gasteiger partial charge in [0.25, 0.3) is 0 Å². The molecule has 0 saturated carbocycles. The first-order chi connectivity index (χ1) is 8.56. The van der Waals surface area contributed by atoms with Crippen LogP contribution in [0, 0.1) is 0 Å². The van der Waals surface area contributed by atoms with Crippen LogP contribution in [0.25, 0.3) is 0 Å². The smallest absolute Gasteiger partial charge is 0.335 e. The molecule has 0 saturated heterocycles. The van der Waals surface area contributed by atoms with Crippen LogP contribution in [0.15, 0.2) is 46.9 Å². The maximum atomic E-state index is 10.7. The first-order valence-corrected chi connectivity index (χ1v) is 6.29. The second-order valence-corrected chi connectivity index (χ2v) is 4.95. The number of anilines is 2. The van der Waals surface area contributed by atoms with Gasteiger partial charge in [-0.15, -0.1) is 0 Å². The Balaban J connectivity index is 2.21. The number of hydrogen-bond donors (Lipinski definition) is 2. The van der Waals surface area contributed by atoms with E-state index in [0.717, 1.165) is 15.8 Å². The Labute approximate surface area is 118 Å². The zero-order valence-corrected chi connectivity index (χ0v) is 11.5. The van der Waals surface area contributed by atoms with Gasteiger partial charge < -0.3 is 10.4 Å². The number of benzene rings is 2. The van der Waals surface area contributed by atoms with Crippen LogP contribution in [-0.4, -0.2) is 11.1 Å². The summed E-state index contributed by atoms with van der Waals surface area (Å²) in [5.74, 6) is -0.941. The van der Waals surface area contributed by atoms with E-state index in [1.165, 1.54) is 12.1 Å². The average Bonchev–Trinajstić information content (AvgIpc) is 2.33. The number of aromatic carboxylic acids is 1. The molecule has 0 aliphatic rings. The third-order valence-electron chi connectivity index (χ3n) is 2.34. The summed E-state index contributed by atoms with van der Waals surface area (Å²) in [6.45, 7) is 0. The van der Waals surface area contributed by atoms with Crippen LogP contribution < -0.4 is 5.32 Å². The van der Waals surface area contributed by atoms with Crippen LogP contribution in [0.3, 0.4) is 0 Å². The standard InChI is InChI=1S/C13H9BrClNO2/c14-9-3-6-12(11(15)7-9)16-10-4-1-8(2-5-10)13(17)18/h1-7,16H,(H,17,18). The van der Waals surface area contributed by atoms with Crippen molar-refractivity contribution in [1.29, 1.82) is 0 Å². The largest absolute Gasteiger partial charge is 0.478 e. The molecule has 0 radical (unpaired) electrons. The van der Waals surface area contributed by atoms with E-state index in [1.54, 1.807) is 18.2 Å². The number of carbonyl (C=O) groups is 1. The molecule has 2 aromatic rings. The summed E-state index contributed by atoms with van der Waals surface area (Å²) >= 11 is 9.40. The summed E-state index contributed by atoms with van der Waals surface area (Å²) < 4.78 is 0.902. The summed E-state index contributed by atoms with van der Waals surface area (Å²) in [5.41, 5.74) is 1.80. The summed E-state index contributed by atoms with van der Waals surface area (Å²) in [6, 6.07) is 12.0. The summed E-state index contributed by atoms with van der Waals surface area (Å²) in [4.78, 5) is 10.7. The van der Waals surface area contributed by atoms with Crippen LogP contribution in [0.1, 0.15) is 10.4 Å². The Morgan fingerprint density at radius 2 is 1.83 bits per heavy atom. The van der Waals surface area contributed by atoms with Crippen molar-refractivity contribution in [1.82, 2.24) is 0 Å². The highest BCUT2D eigenvalue weighted by atomic mass is 79.9. The van der Waals surface area contributed by atoms with Gasteiger partial charge >= 0.3 is 5.97 Å². The van der Waals surface area contributed by atoms with Gasteiger partial charge in [0.05, 0.1) is 16.3 Å². The first-order valence-electron chi connectivity index (χ1n) is 5.12. The molecule has 0 spiro atoms. The van der Waals surface area contributed by atoms with Gasteiger partial charge in [-0.2, -0.15) is 0 Å². The predicted molar refractivity (Wildman–Crippen MR) is 75.8 cm³/mol. The van der Waals surface area contributed by atoms with Crippen molar-refractivity contribution in [3.05, 3.63) is 57.5 Å². The molecule has 3 nitrogen and oxygen atoms in total. The molecule has 0 bridgehead atoms. The van der Waals surface area contributed by atoms with Gasteiger partial charge in [-0.1, -0.05) is 27.5 Å². The minimum atomic E-state index is -0.941. The molecule has 0 atom stereocenters.